The third-order valence-electron chi connectivity index (χ3n) is 8.31. The number of nitrogens with one attached hydrogen (secondary N) is 3. The maximum absolute atomic E-state index is 15.1. The molecule has 10 heteroatoms. The number of aromatic nitrogens is 1. The van der Waals surface area contributed by atoms with Crippen LogP contribution in [0.1, 0.15) is 44.6 Å². The molecule has 40 heavy (non-hydrogen) atoms. The number of pyridine rings is 1. The summed E-state index contributed by atoms with van der Waals surface area (Å²) >= 11 is 5.89. The molecule has 3 fully saturated rings. The summed E-state index contributed by atoms with van der Waals surface area (Å²) in [7, 11) is 0. The molecular weight excluding hydrogens is 531 g/mol. The van der Waals surface area contributed by atoms with E-state index >= 15 is 4.39 Å². The number of allylic oxidation sites excluding steroid dienone is 1. The lowest BCUT2D eigenvalue weighted by molar-refractivity contribution is -0.119. The second-order valence-electron chi connectivity index (χ2n) is 11.3. The second-order valence-corrected chi connectivity index (χ2v) is 11.7. The van der Waals surface area contributed by atoms with Crippen LogP contribution < -0.4 is 16.0 Å². The maximum Gasteiger partial charge on any atom is 0.323 e. The van der Waals surface area contributed by atoms with Gasteiger partial charge in [-0.25, -0.2) is 14.2 Å². The molecule has 1 aliphatic carbocycles. The van der Waals surface area contributed by atoms with Gasteiger partial charge in [-0.1, -0.05) is 37.4 Å². The summed E-state index contributed by atoms with van der Waals surface area (Å²) in [5.74, 6) is 0.235. The van der Waals surface area contributed by atoms with E-state index in [0.29, 0.717) is 23.8 Å². The zero-order valence-corrected chi connectivity index (χ0v) is 23.0. The molecule has 3 aliphatic heterocycles. The number of anilines is 2. The first-order chi connectivity index (χ1) is 19.3. The summed E-state index contributed by atoms with van der Waals surface area (Å²) in [5.41, 5.74) is 1.76. The average molecular weight is 563 g/mol. The molecule has 0 spiro atoms. The Balaban J connectivity index is 1.22. The first-order valence-electron chi connectivity index (χ1n) is 13.8. The monoisotopic (exact) mass is 562 g/mol. The largest absolute Gasteiger partial charge is 0.323 e. The highest BCUT2D eigenvalue weighted by Gasteiger charge is 2.49. The van der Waals surface area contributed by atoms with Crippen molar-refractivity contribution in [2.45, 2.75) is 56.7 Å². The van der Waals surface area contributed by atoms with Crippen LogP contribution in [0, 0.1) is 17.7 Å². The lowest BCUT2D eigenvalue weighted by Gasteiger charge is -2.52. The fourth-order valence-corrected chi connectivity index (χ4v) is 6.12. The van der Waals surface area contributed by atoms with E-state index in [0.717, 1.165) is 24.3 Å². The molecule has 2 unspecified atom stereocenters. The van der Waals surface area contributed by atoms with Crippen LogP contribution in [-0.2, 0) is 10.3 Å². The highest BCUT2D eigenvalue weighted by Crippen LogP contribution is 2.48. The highest BCUT2D eigenvalue weighted by molar-refractivity contribution is 6.30. The van der Waals surface area contributed by atoms with Crippen molar-refractivity contribution in [1.29, 1.82) is 0 Å². The van der Waals surface area contributed by atoms with Crippen molar-refractivity contribution in [2.24, 2.45) is 16.8 Å². The van der Waals surface area contributed by atoms with E-state index in [2.05, 4.69) is 25.9 Å². The number of urea groups is 1. The van der Waals surface area contributed by atoms with Crippen molar-refractivity contribution < 1.29 is 14.0 Å². The predicted octanol–water partition coefficient (Wildman–Crippen LogP) is 5.64. The van der Waals surface area contributed by atoms with Gasteiger partial charge in [-0.2, -0.15) is 0 Å². The number of amides is 3. The number of carbonyl (C=O) groups excluding carboxylic acids is 2. The minimum Gasteiger partial charge on any atom is -0.322 e. The van der Waals surface area contributed by atoms with Gasteiger partial charge in [0.2, 0.25) is 5.91 Å². The van der Waals surface area contributed by atoms with E-state index < -0.39 is 29.3 Å². The zero-order chi connectivity index (χ0) is 27.9. The molecule has 3 amide bonds. The number of fused-ring (bicyclic) bond motifs is 1. The fourth-order valence-electron chi connectivity index (χ4n) is 6.01. The van der Waals surface area contributed by atoms with E-state index in [9.17, 15) is 9.59 Å². The van der Waals surface area contributed by atoms with Crippen molar-refractivity contribution in [2.75, 3.05) is 17.2 Å². The predicted molar refractivity (Wildman–Crippen MR) is 154 cm³/mol. The summed E-state index contributed by atoms with van der Waals surface area (Å²) in [6.07, 6.45) is 14.0. The molecule has 6 rings (SSSR count). The molecule has 0 bridgehead atoms. The van der Waals surface area contributed by atoms with Gasteiger partial charge in [-0.3, -0.25) is 20.4 Å². The molecule has 4 atom stereocenters. The topological polar surface area (TPSA) is 98.7 Å². The molecule has 4 heterocycles. The van der Waals surface area contributed by atoms with Crippen LogP contribution in [0.5, 0.6) is 0 Å². The molecular formula is C30H32ClFN6O2. The van der Waals surface area contributed by atoms with Gasteiger partial charge in [-0.15, -0.1) is 0 Å². The summed E-state index contributed by atoms with van der Waals surface area (Å²) in [5, 5.41) is 9.68. The standard InChI is InChI=1S/C30H32ClFN6O2/c1-18-14-26(38(17-18)29(40)36-27-7-5-21(31)16-34-27)28(39)35-25-15-20(4-6-23(25)32)30(11-8-19-2-3-19)22-9-12-33-13-10-24(22)37-30/h4-7,9-10,12-13,15-16,18-19,24,26,37H,2-3,8,11,14,17H2,1H3,(H,35,39)(H,34,36,40)/t18-,24?,26-,30?/m1/s1. The van der Waals surface area contributed by atoms with Crippen molar-refractivity contribution >= 4 is 41.3 Å². The number of aliphatic imine (C=N–C) groups is 1. The van der Waals surface area contributed by atoms with Gasteiger partial charge in [0, 0.05) is 25.2 Å². The molecule has 0 radical (unpaired) electrons. The number of halogens is 2. The Morgan fingerprint density at radius 2 is 2.08 bits per heavy atom. The van der Waals surface area contributed by atoms with Gasteiger partial charge in [0.25, 0.3) is 0 Å². The second kappa shape index (κ2) is 10.8. The first kappa shape index (κ1) is 26.7. The number of carbonyl (C=O) groups is 2. The van der Waals surface area contributed by atoms with Crippen LogP contribution in [-0.4, -0.2) is 46.7 Å². The van der Waals surface area contributed by atoms with Crippen LogP contribution in [0.4, 0.5) is 20.7 Å². The van der Waals surface area contributed by atoms with Crippen LogP contribution >= 0.6 is 11.6 Å². The van der Waals surface area contributed by atoms with Crippen LogP contribution in [0.2, 0.25) is 5.02 Å². The van der Waals surface area contributed by atoms with Crippen LogP contribution in [0.3, 0.4) is 0 Å². The molecule has 8 nitrogen and oxygen atoms in total. The summed E-state index contributed by atoms with van der Waals surface area (Å²) in [6.45, 7) is 2.38. The van der Waals surface area contributed by atoms with Gasteiger partial charge in [-0.05, 0) is 78.7 Å². The molecule has 3 N–H and O–H groups in total. The zero-order valence-electron chi connectivity index (χ0n) is 22.2. The van der Waals surface area contributed by atoms with E-state index in [1.165, 1.54) is 35.6 Å². The minimum absolute atomic E-state index is 0.0759. The molecule has 1 aromatic heterocycles. The van der Waals surface area contributed by atoms with Crippen molar-refractivity contribution in [3.8, 4) is 0 Å². The normalized spacial score (nSPS) is 26.9. The van der Waals surface area contributed by atoms with Gasteiger partial charge < -0.3 is 10.2 Å². The van der Waals surface area contributed by atoms with E-state index in [1.54, 1.807) is 36.7 Å². The van der Waals surface area contributed by atoms with Crippen LogP contribution in [0.25, 0.3) is 0 Å². The number of likely N-dealkylation sites (tertiary alicyclic amines) is 1. The van der Waals surface area contributed by atoms with Crippen LogP contribution in [0.15, 0.2) is 65.4 Å². The minimum atomic E-state index is -0.744. The molecule has 208 valence electrons. The molecule has 1 aromatic carbocycles. The Hall–Kier alpha value is -3.56. The molecule has 4 aliphatic rings. The summed E-state index contributed by atoms with van der Waals surface area (Å²) in [6, 6.07) is 7.06. The van der Waals surface area contributed by atoms with Crippen molar-refractivity contribution in [3.63, 3.8) is 0 Å². The molecule has 2 saturated heterocycles. The number of nitrogens with zero attached hydrogens (tertiary/aromatic N) is 3. The lowest BCUT2D eigenvalue weighted by atomic mass is 9.68. The Kier molecular flexibility index (Phi) is 7.18. The van der Waals surface area contributed by atoms with Crippen molar-refractivity contribution in [3.05, 3.63) is 76.9 Å². The Morgan fingerprint density at radius 3 is 2.85 bits per heavy atom. The maximum atomic E-state index is 15.1. The number of hydrogen-bond donors (Lipinski definition) is 3. The molecule has 1 saturated carbocycles. The molecule has 2 aromatic rings. The average Bonchev–Trinajstić information content (AvgIpc) is 3.71. The van der Waals surface area contributed by atoms with E-state index in [1.807, 2.05) is 19.1 Å². The first-order valence-corrected chi connectivity index (χ1v) is 14.2. The van der Waals surface area contributed by atoms with Gasteiger partial charge in [0.1, 0.15) is 17.7 Å². The van der Waals surface area contributed by atoms with E-state index in [4.69, 9.17) is 11.6 Å². The Bertz CT molecular complexity index is 1410. The quantitative estimate of drug-likeness (QED) is 0.407. The third kappa shape index (κ3) is 5.28. The summed E-state index contributed by atoms with van der Waals surface area (Å²) < 4.78 is 15.1. The number of hydrogen-bond acceptors (Lipinski definition) is 5. The summed E-state index contributed by atoms with van der Waals surface area (Å²) in [4.78, 5) is 36.4. The Labute approximate surface area is 237 Å². The van der Waals surface area contributed by atoms with Gasteiger partial charge in [0.15, 0.2) is 0 Å². The SMILES string of the molecule is C[C@@H]1C[C@H](C(=O)Nc2cc(C3(CCC4CC4)NC4C=CN=CC=C43)ccc2F)N(C(=O)Nc2ccc(Cl)cn2)C1. The fraction of sp³-hybridized carbons (Fsp3) is 0.400. The van der Waals surface area contributed by atoms with E-state index in [-0.39, 0.29) is 17.6 Å². The lowest BCUT2D eigenvalue weighted by Crippen LogP contribution is -2.62. The Morgan fingerprint density at radius 1 is 1.23 bits per heavy atom. The third-order valence-corrected chi connectivity index (χ3v) is 8.54. The smallest absolute Gasteiger partial charge is 0.322 e. The van der Waals surface area contributed by atoms with Gasteiger partial charge >= 0.3 is 6.03 Å². The highest BCUT2D eigenvalue weighted by atomic mass is 35.5. The number of benzene rings is 1. The van der Waals surface area contributed by atoms with Gasteiger partial charge in [0.05, 0.1) is 22.3 Å². The number of rotatable bonds is 7. The van der Waals surface area contributed by atoms with Crippen molar-refractivity contribution in [1.82, 2.24) is 15.2 Å².